The van der Waals surface area contributed by atoms with Crippen LogP contribution in [0.25, 0.3) is 0 Å². The molecule has 4 rings (SSSR count). The number of carbonyl (C=O) groups excluding carboxylic acids is 1. The van der Waals surface area contributed by atoms with Crippen molar-refractivity contribution < 1.29 is 4.79 Å². The zero-order valence-corrected chi connectivity index (χ0v) is 15.1. The van der Waals surface area contributed by atoms with E-state index in [1.54, 1.807) is 6.20 Å². The molecule has 2 atom stereocenters. The molecule has 2 N–H and O–H groups in total. The minimum absolute atomic E-state index is 0.0689. The number of rotatable bonds is 4. The lowest BCUT2D eigenvalue weighted by atomic mass is 9.97. The number of hydrogen-bond acceptors (Lipinski definition) is 3. The van der Waals surface area contributed by atoms with Gasteiger partial charge in [0.15, 0.2) is 0 Å². The third-order valence-electron chi connectivity index (χ3n) is 5.56. The predicted octanol–water partition coefficient (Wildman–Crippen LogP) is 2.83. The average Bonchev–Trinajstić information content (AvgIpc) is 3.39. The lowest BCUT2D eigenvalue weighted by Crippen LogP contribution is -2.46. The average molecular weight is 353 g/mol. The minimum atomic E-state index is 0.0689. The highest BCUT2D eigenvalue weighted by Gasteiger charge is 2.27. The SMILES string of the molecule is O=C(NCC1CCN(c2ccccc2)C1)N1CCCC(c2ncc[nH]2)C1. The molecule has 2 aromatic rings. The van der Waals surface area contributed by atoms with Crippen molar-refractivity contribution in [3.05, 3.63) is 48.5 Å². The fourth-order valence-electron chi connectivity index (χ4n) is 4.10. The topological polar surface area (TPSA) is 64.3 Å². The number of likely N-dealkylation sites (tertiary alicyclic amines) is 1. The molecule has 6 nitrogen and oxygen atoms in total. The summed E-state index contributed by atoms with van der Waals surface area (Å²) in [6, 6.07) is 10.6. The second kappa shape index (κ2) is 7.81. The molecule has 1 aromatic heterocycles. The Labute approximate surface area is 154 Å². The van der Waals surface area contributed by atoms with Crippen molar-refractivity contribution in [2.45, 2.75) is 25.2 Å². The van der Waals surface area contributed by atoms with E-state index >= 15 is 0 Å². The van der Waals surface area contributed by atoms with Crippen molar-refractivity contribution in [3.8, 4) is 0 Å². The summed E-state index contributed by atoms with van der Waals surface area (Å²) in [6.07, 6.45) is 6.89. The largest absolute Gasteiger partial charge is 0.371 e. The van der Waals surface area contributed by atoms with Crippen LogP contribution in [0, 0.1) is 5.92 Å². The van der Waals surface area contributed by atoms with E-state index in [-0.39, 0.29) is 6.03 Å². The molecule has 0 saturated carbocycles. The normalized spacial score (nSPS) is 23.2. The van der Waals surface area contributed by atoms with Crippen molar-refractivity contribution in [2.75, 3.05) is 37.6 Å². The highest BCUT2D eigenvalue weighted by atomic mass is 16.2. The van der Waals surface area contributed by atoms with Crippen molar-refractivity contribution in [1.82, 2.24) is 20.2 Å². The van der Waals surface area contributed by atoms with Gasteiger partial charge in [-0.2, -0.15) is 0 Å². The van der Waals surface area contributed by atoms with Gasteiger partial charge in [0.05, 0.1) is 0 Å². The van der Waals surface area contributed by atoms with Crippen molar-refractivity contribution in [3.63, 3.8) is 0 Å². The molecule has 2 saturated heterocycles. The van der Waals surface area contributed by atoms with Crippen LogP contribution in [0.1, 0.15) is 31.0 Å². The number of benzene rings is 1. The molecule has 2 amide bonds. The number of para-hydroxylation sites is 1. The number of hydrogen-bond donors (Lipinski definition) is 2. The fourth-order valence-corrected chi connectivity index (χ4v) is 4.10. The maximum absolute atomic E-state index is 12.6. The number of aromatic amines is 1. The Hall–Kier alpha value is -2.50. The second-order valence-electron chi connectivity index (χ2n) is 7.38. The van der Waals surface area contributed by atoms with Crippen molar-refractivity contribution in [2.24, 2.45) is 5.92 Å². The van der Waals surface area contributed by atoms with Gasteiger partial charge in [0.1, 0.15) is 5.82 Å². The first kappa shape index (κ1) is 16.9. The minimum Gasteiger partial charge on any atom is -0.371 e. The Morgan fingerprint density at radius 1 is 1.19 bits per heavy atom. The van der Waals surface area contributed by atoms with Gasteiger partial charge < -0.3 is 20.1 Å². The van der Waals surface area contributed by atoms with Gasteiger partial charge in [0.2, 0.25) is 0 Å². The molecule has 0 spiro atoms. The molecule has 2 aliphatic heterocycles. The summed E-state index contributed by atoms with van der Waals surface area (Å²) in [7, 11) is 0. The number of aromatic nitrogens is 2. The van der Waals surface area contributed by atoms with Gasteiger partial charge in [0, 0.05) is 56.7 Å². The van der Waals surface area contributed by atoms with Crippen LogP contribution in [0.4, 0.5) is 10.5 Å². The number of carbonyl (C=O) groups is 1. The van der Waals surface area contributed by atoms with Crippen LogP contribution in [-0.4, -0.2) is 53.6 Å². The van der Waals surface area contributed by atoms with Gasteiger partial charge in [-0.1, -0.05) is 18.2 Å². The number of imidazole rings is 1. The fraction of sp³-hybridized carbons (Fsp3) is 0.500. The summed E-state index contributed by atoms with van der Waals surface area (Å²) in [4.78, 5) is 24.5. The Balaban J connectivity index is 1.25. The summed E-state index contributed by atoms with van der Waals surface area (Å²) in [5.74, 6) is 1.84. The molecular formula is C20H27N5O. The lowest BCUT2D eigenvalue weighted by molar-refractivity contribution is 0.177. The zero-order valence-electron chi connectivity index (χ0n) is 15.1. The van der Waals surface area contributed by atoms with Crippen molar-refractivity contribution in [1.29, 1.82) is 0 Å². The maximum atomic E-state index is 12.6. The number of H-pyrrole nitrogens is 1. The Kier molecular flexibility index (Phi) is 5.09. The Bertz CT molecular complexity index is 702. The molecule has 3 heterocycles. The van der Waals surface area contributed by atoms with E-state index in [2.05, 4.69) is 44.5 Å². The molecule has 2 unspecified atom stereocenters. The highest BCUT2D eigenvalue weighted by Crippen LogP contribution is 2.25. The van der Waals surface area contributed by atoms with Gasteiger partial charge >= 0.3 is 6.03 Å². The van der Waals surface area contributed by atoms with Crippen LogP contribution in [-0.2, 0) is 0 Å². The number of amides is 2. The molecule has 0 bridgehead atoms. The summed E-state index contributed by atoms with van der Waals surface area (Å²) in [5.41, 5.74) is 1.28. The summed E-state index contributed by atoms with van der Waals surface area (Å²) >= 11 is 0. The van der Waals surface area contributed by atoms with E-state index in [1.807, 2.05) is 17.2 Å². The highest BCUT2D eigenvalue weighted by molar-refractivity contribution is 5.74. The zero-order chi connectivity index (χ0) is 17.8. The molecule has 2 fully saturated rings. The van der Waals surface area contributed by atoms with E-state index in [1.165, 1.54) is 5.69 Å². The molecule has 0 aliphatic carbocycles. The first-order valence-electron chi connectivity index (χ1n) is 9.61. The quantitative estimate of drug-likeness (QED) is 0.888. The number of piperidine rings is 1. The lowest BCUT2D eigenvalue weighted by Gasteiger charge is -2.32. The monoisotopic (exact) mass is 353 g/mol. The molecule has 0 radical (unpaired) electrons. The van der Waals surface area contributed by atoms with Crippen LogP contribution < -0.4 is 10.2 Å². The summed E-state index contributed by atoms with van der Waals surface area (Å²) < 4.78 is 0. The van der Waals surface area contributed by atoms with Crippen molar-refractivity contribution >= 4 is 11.7 Å². The number of nitrogens with one attached hydrogen (secondary N) is 2. The first-order chi connectivity index (χ1) is 12.8. The first-order valence-corrected chi connectivity index (χ1v) is 9.61. The second-order valence-corrected chi connectivity index (χ2v) is 7.38. The maximum Gasteiger partial charge on any atom is 0.317 e. The van der Waals surface area contributed by atoms with Gasteiger partial charge in [-0.25, -0.2) is 9.78 Å². The van der Waals surface area contributed by atoms with Crippen LogP contribution in [0.5, 0.6) is 0 Å². The molecule has 6 heteroatoms. The summed E-state index contributed by atoms with van der Waals surface area (Å²) in [5, 5.41) is 3.16. The van der Waals surface area contributed by atoms with Gasteiger partial charge in [-0.3, -0.25) is 0 Å². The molecular weight excluding hydrogens is 326 g/mol. The van der Waals surface area contributed by atoms with Gasteiger partial charge in [-0.15, -0.1) is 0 Å². The standard InChI is InChI=1S/C20H27N5O/c26-20(25-11-4-5-17(15-25)19-21-9-10-22-19)23-13-16-8-12-24(14-16)18-6-2-1-3-7-18/h1-3,6-7,9-10,16-17H,4-5,8,11-15H2,(H,21,22)(H,23,26). The van der Waals surface area contributed by atoms with E-state index < -0.39 is 0 Å². The number of nitrogens with zero attached hydrogens (tertiary/aromatic N) is 3. The molecule has 1 aromatic carbocycles. The summed E-state index contributed by atoms with van der Waals surface area (Å²) in [6.45, 7) is 4.42. The molecule has 138 valence electrons. The number of urea groups is 1. The van der Waals surface area contributed by atoms with Gasteiger partial charge in [-0.05, 0) is 37.3 Å². The molecule has 2 aliphatic rings. The van der Waals surface area contributed by atoms with Crippen LogP contribution >= 0.6 is 0 Å². The smallest absolute Gasteiger partial charge is 0.317 e. The van der Waals surface area contributed by atoms with E-state index in [9.17, 15) is 4.79 Å². The van der Waals surface area contributed by atoms with Crippen LogP contribution in [0.2, 0.25) is 0 Å². The Morgan fingerprint density at radius 2 is 2.08 bits per heavy atom. The third-order valence-corrected chi connectivity index (χ3v) is 5.56. The van der Waals surface area contributed by atoms with Crippen LogP contribution in [0.15, 0.2) is 42.7 Å². The predicted molar refractivity (Wildman–Crippen MR) is 102 cm³/mol. The Morgan fingerprint density at radius 3 is 2.88 bits per heavy atom. The van der Waals surface area contributed by atoms with Crippen LogP contribution in [0.3, 0.4) is 0 Å². The third kappa shape index (κ3) is 3.84. The van der Waals surface area contributed by atoms with Gasteiger partial charge in [0.25, 0.3) is 0 Å². The number of anilines is 1. The van der Waals surface area contributed by atoms with E-state index in [0.29, 0.717) is 11.8 Å². The van der Waals surface area contributed by atoms with E-state index in [0.717, 1.165) is 57.8 Å². The molecule has 26 heavy (non-hydrogen) atoms. The van der Waals surface area contributed by atoms with E-state index in [4.69, 9.17) is 0 Å².